The van der Waals surface area contributed by atoms with E-state index in [4.69, 9.17) is 16.3 Å². The summed E-state index contributed by atoms with van der Waals surface area (Å²) in [5, 5.41) is 6.55. The molecule has 1 fully saturated rings. The minimum atomic E-state index is -0.151. The van der Waals surface area contributed by atoms with Crippen LogP contribution in [0.15, 0.2) is 24.3 Å². The molecule has 1 aliphatic rings. The highest BCUT2D eigenvalue weighted by atomic mass is 35.5. The molecule has 0 aliphatic carbocycles. The predicted molar refractivity (Wildman–Crippen MR) is 80.0 cm³/mol. The lowest BCUT2D eigenvalue weighted by Crippen LogP contribution is -2.41. The van der Waals surface area contributed by atoms with Gasteiger partial charge in [0.1, 0.15) is 0 Å². The van der Waals surface area contributed by atoms with Crippen molar-refractivity contribution in [2.45, 2.75) is 38.3 Å². The van der Waals surface area contributed by atoms with E-state index < -0.39 is 0 Å². The summed E-state index contributed by atoms with van der Waals surface area (Å²) in [7, 11) is 0. The fourth-order valence-electron chi connectivity index (χ4n) is 2.34. The first-order valence-electron chi connectivity index (χ1n) is 7.10. The molecule has 2 atom stereocenters. The first-order chi connectivity index (χ1) is 9.69. The van der Waals surface area contributed by atoms with Crippen LogP contribution in [0.5, 0.6) is 0 Å². The molecule has 4 nitrogen and oxygen atoms in total. The van der Waals surface area contributed by atoms with Crippen molar-refractivity contribution < 1.29 is 9.53 Å². The Balaban J connectivity index is 1.82. The van der Waals surface area contributed by atoms with Crippen molar-refractivity contribution >= 4 is 17.6 Å². The van der Waals surface area contributed by atoms with Crippen LogP contribution in [0.4, 0.5) is 4.79 Å². The molecule has 1 aromatic carbocycles. The van der Waals surface area contributed by atoms with Gasteiger partial charge in [0.25, 0.3) is 0 Å². The number of benzene rings is 1. The minimum Gasteiger partial charge on any atom is -0.376 e. The number of rotatable bonds is 5. The second-order valence-corrected chi connectivity index (χ2v) is 5.44. The monoisotopic (exact) mass is 296 g/mol. The third-order valence-corrected chi connectivity index (χ3v) is 3.75. The Labute approximate surface area is 124 Å². The Hall–Kier alpha value is -1.26. The number of halogens is 1. The van der Waals surface area contributed by atoms with E-state index >= 15 is 0 Å². The normalized spacial score (nSPS) is 19.6. The Kier molecular flexibility index (Phi) is 5.68. The number of carbonyl (C=O) groups is 1. The van der Waals surface area contributed by atoms with Crippen molar-refractivity contribution in [2.75, 3.05) is 13.2 Å². The molecule has 0 unspecified atom stereocenters. The third kappa shape index (κ3) is 4.39. The van der Waals surface area contributed by atoms with Crippen LogP contribution in [0.25, 0.3) is 0 Å². The second-order valence-electron chi connectivity index (χ2n) is 5.00. The number of amides is 2. The third-order valence-electron chi connectivity index (χ3n) is 3.50. The van der Waals surface area contributed by atoms with Crippen molar-refractivity contribution in [3.8, 4) is 0 Å². The van der Waals surface area contributed by atoms with Crippen LogP contribution in [0.1, 0.15) is 37.8 Å². The summed E-state index contributed by atoms with van der Waals surface area (Å²) in [6.07, 6.45) is 3.09. The van der Waals surface area contributed by atoms with Crippen molar-refractivity contribution in [3.63, 3.8) is 0 Å². The zero-order valence-corrected chi connectivity index (χ0v) is 12.5. The fourth-order valence-corrected chi connectivity index (χ4v) is 2.46. The molecule has 0 radical (unpaired) electrons. The maximum atomic E-state index is 11.9. The van der Waals surface area contributed by atoms with Crippen LogP contribution in [0, 0.1) is 0 Å². The van der Waals surface area contributed by atoms with Crippen molar-refractivity contribution in [1.82, 2.24) is 10.6 Å². The molecule has 0 spiro atoms. The van der Waals surface area contributed by atoms with Crippen molar-refractivity contribution in [2.24, 2.45) is 0 Å². The first-order valence-corrected chi connectivity index (χ1v) is 7.48. The SMILES string of the molecule is CC[C@@H](NC(=O)NC[C@@H]1CCCO1)c1ccc(Cl)cc1. The highest BCUT2D eigenvalue weighted by Gasteiger charge is 2.17. The molecule has 1 aromatic rings. The Bertz CT molecular complexity index is 430. The van der Waals surface area contributed by atoms with E-state index in [1.165, 1.54) is 0 Å². The molecular weight excluding hydrogens is 276 g/mol. The van der Waals surface area contributed by atoms with Gasteiger partial charge in [0.05, 0.1) is 12.1 Å². The molecule has 2 N–H and O–H groups in total. The number of urea groups is 1. The molecule has 1 saturated heterocycles. The average molecular weight is 297 g/mol. The molecule has 0 bridgehead atoms. The smallest absolute Gasteiger partial charge is 0.315 e. The van der Waals surface area contributed by atoms with Gasteiger partial charge in [-0.2, -0.15) is 0 Å². The van der Waals surface area contributed by atoms with Gasteiger partial charge in [-0.25, -0.2) is 4.79 Å². The molecule has 1 heterocycles. The highest BCUT2D eigenvalue weighted by molar-refractivity contribution is 6.30. The van der Waals surface area contributed by atoms with Gasteiger partial charge in [0.2, 0.25) is 0 Å². The number of hydrogen-bond donors (Lipinski definition) is 2. The first kappa shape index (κ1) is 15.1. The van der Waals surface area contributed by atoms with E-state index in [1.807, 2.05) is 31.2 Å². The maximum Gasteiger partial charge on any atom is 0.315 e. The summed E-state index contributed by atoms with van der Waals surface area (Å²) in [6, 6.07) is 7.41. The van der Waals surface area contributed by atoms with Crippen LogP contribution >= 0.6 is 11.6 Å². The van der Waals surface area contributed by atoms with Gasteiger partial charge >= 0.3 is 6.03 Å². The molecule has 0 saturated carbocycles. The van der Waals surface area contributed by atoms with Crippen LogP contribution in [-0.4, -0.2) is 25.3 Å². The Morgan fingerprint density at radius 1 is 1.45 bits per heavy atom. The second kappa shape index (κ2) is 7.50. The van der Waals surface area contributed by atoms with E-state index in [1.54, 1.807) is 0 Å². The summed E-state index contributed by atoms with van der Waals surface area (Å²) in [5.41, 5.74) is 1.06. The fraction of sp³-hybridized carbons (Fsp3) is 0.533. The lowest BCUT2D eigenvalue weighted by Gasteiger charge is -2.19. The van der Waals surface area contributed by atoms with Gasteiger partial charge in [0.15, 0.2) is 0 Å². The lowest BCUT2D eigenvalue weighted by atomic mass is 10.1. The van der Waals surface area contributed by atoms with E-state index in [0.29, 0.717) is 11.6 Å². The number of hydrogen-bond acceptors (Lipinski definition) is 2. The maximum absolute atomic E-state index is 11.9. The molecule has 1 aliphatic heterocycles. The van der Waals surface area contributed by atoms with E-state index in [9.17, 15) is 4.79 Å². The molecular formula is C15H21ClN2O2. The average Bonchev–Trinajstić information content (AvgIpc) is 2.97. The van der Waals surface area contributed by atoms with Gasteiger partial charge < -0.3 is 15.4 Å². The quantitative estimate of drug-likeness (QED) is 0.876. The molecule has 0 aromatic heterocycles. The zero-order chi connectivity index (χ0) is 14.4. The van der Waals surface area contributed by atoms with Gasteiger partial charge in [-0.15, -0.1) is 0 Å². The summed E-state index contributed by atoms with van der Waals surface area (Å²) >= 11 is 5.87. The topological polar surface area (TPSA) is 50.4 Å². The van der Waals surface area contributed by atoms with Crippen LogP contribution in [0.2, 0.25) is 5.02 Å². The van der Waals surface area contributed by atoms with Gasteiger partial charge in [-0.1, -0.05) is 30.7 Å². The Morgan fingerprint density at radius 3 is 2.80 bits per heavy atom. The molecule has 5 heteroatoms. The minimum absolute atomic E-state index is 0.00300. The van der Waals surface area contributed by atoms with Crippen LogP contribution in [-0.2, 0) is 4.74 Å². The van der Waals surface area contributed by atoms with Crippen molar-refractivity contribution in [1.29, 1.82) is 0 Å². The predicted octanol–water partition coefficient (Wildman–Crippen LogP) is 3.27. The van der Waals surface area contributed by atoms with Gasteiger partial charge in [-0.05, 0) is 37.0 Å². The van der Waals surface area contributed by atoms with E-state index in [0.717, 1.165) is 31.4 Å². The molecule has 2 rings (SSSR count). The van der Waals surface area contributed by atoms with Gasteiger partial charge in [0, 0.05) is 18.2 Å². The molecule has 110 valence electrons. The zero-order valence-electron chi connectivity index (χ0n) is 11.7. The number of carbonyl (C=O) groups excluding carboxylic acids is 1. The number of nitrogens with one attached hydrogen (secondary N) is 2. The largest absolute Gasteiger partial charge is 0.376 e. The number of ether oxygens (including phenoxy) is 1. The van der Waals surface area contributed by atoms with Crippen LogP contribution < -0.4 is 10.6 Å². The standard InChI is InChI=1S/C15H21ClN2O2/c1-2-14(11-5-7-12(16)8-6-11)18-15(19)17-10-13-4-3-9-20-13/h5-8,13-14H,2-4,9-10H2,1H3,(H2,17,18,19)/t13-,14+/m0/s1. The van der Waals surface area contributed by atoms with Gasteiger partial charge in [-0.3, -0.25) is 0 Å². The summed E-state index contributed by atoms with van der Waals surface area (Å²) in [5.74, 6) is 0. The van der Waals surface area contributed by atoms with Crippen LogP contribution in [0.3, 0.4) is 0 Å². The highest BCUT2D eigenvalue weighted by Crippen LogP contribution is 2.19. The Morgan fingerprint density at radius 2 is 2.20 bits per heavy atom. The molecule has 2 amide bonds. The summed E-state index contributed by atoms with van der Waals surface area (Å²) in [4.78, 5) is 11.9. The van der Waals surface area contributed by atoms with E-state index in [-0.39, 0.29) is 18.2 Å². The lowest BCUT2D eigenvalue weighted by molar-refractivity contribution is 0.111. The summed E-state index contributed by atoms with van der Waals surface area (Å²) in [6.45, 7) is 3.42. The van der Waals surface area contributed by atoms with E-state index in [2.05, 4.69) is 10.6 Å². The summed E-state index contributed by atoms with van der Waals surface area (Å²) < 4.78 is 5.48. The molecule has 20 heavy (non-hydrogen) atoms. The van der Waals surface area contributed by atoms with Crippen molar-refractivity contribution in [3.05, 3.63) is 34.9 Å².